The number of methoxy groups -OCH3 is 1. The second kappa shape index (κ2) is 8.04. The van der Waals surface area contributed by atoms with Gasteiger partial charge in [-0.1, -0.05) is 36.4 Å². The lowest BCUT2D eigenvalue weighted by Crippen LogP contribution is -2.49. The minimum absolute atomic E-state index is 0.0513. The Kier molecular flexibility index (Phi) is 5.39. The lowest BCUT2D eigenvalue weighted by Gasteiger charge is -2.46. The highest BCUT2D eigenvalue weighted by Crippen LogP contribution is 2.55. The normalized spacial score (nSPS) is 22.5. The Morgan fingerprint density at radius 2 is 1.78 bits per heavy atom. The van der Waals surface area contributed by atoms with E-state index in [1.807, 2.05) is 42.5 Å². The Balaban J connectivity index is 2.07. The molecule has 0 unspecified atom stereocenters. The molecule has 0 radical (unpaired) electrons. The molecule has 160 valence electrons. The molecule has 2 aromatic rings. The highest BCUT2D eigenvalue weighted by atomic mass is 16.5. The van der Waals surface area contributed by atoms with Crippen LogP contribution in [0.2, 0.25) is 0 Å². The van der Waals surface area contributed by atoms with Crippen LogP contribution in [0.5, 0.6) is 5.75 Å². The second-order valence-electron chi connectivity index (χ2n) is 8.63. The number of nitrogens with zero attached hydrogens (tertiary/aromatic N) is 4. The second-order valence-corrected chi connectivity index (χ2v) is 8.63. The van der Waals surface area contributed by atoms with Crippen LogP contribution in [0.25, 0.3) is 10.8 Å². The highest BCUT2D eigenvalue weighted by Gasteiger charge is 2.54. The molecular formula is C26H25N5O. The first-order valence-electron chi connectivity index (χ1n) is 10.7. The Morgan fingerprint density at radius 1 is 1.09 bits per heavy atom. The number of hydrogen-bond acceptors (Lipinski definition) is 6. The molecule has 0 saturated heterocycles. The third-order valence-corrected chi connectivity index (χ3v) is 6.90. The van der Waals surface area contributed by atoms with Gasteiger partial charge in [-0.15, -0.1) is 0 Å². The van der Waals surface area contributed by atoms with Crippen molar-refractivity contribution < 1.29 is 4.74 Å². The monoisotopic (exact) mass is 423 g/mol. The molecule has 0 spiro atoms. The predicted molar refractivity (Wildman–Crippen MR) is 122 cm³/mol. The molecule has 0 bridgehead atoms. The lowest BCUT2D eigenvalue weighted by molar-refractivity contribution is 0.174. The van der Waals surface area contributed by atoms with E-state index in [0.717, 1.165) is 27.7 Å². The van der Waals surface area contributed by atoms with Crippen molar-refractivity contribution in [2.24, 2.45) is 17.1 Å². The third kappa shape index (κ3) is 2.94. The number of nitriles is 3. The first-order valence-corrected chi connectivity index (χ1v) is 10.7. The van der Waals surface area contributed by atoms with Gasteiger partial charge < -0.3 is 10.5 Å². The van der Waals surface area contributed by atoms with Crippen molar-refractivity contribution in [2.75, 3.05) is 20.2 Å². The molecule has 0 fully saturated rings. The molecule has 0 saturated carbocycles. The Bertz CT molecular complexity index is 1250. The first kappa shape index (κ1) is 21.4. The van der Waals surface area contributed by atoms with E-state index in [4.69, 9.17) is 10.5 Å². The molecule has 4 rings (SSSR count). The van der Waals surface area contributed by atoms with Crippen LogP contribution in [0.15, 0.2) is 59.3 Å². The standard InChI is InChI=1S/C26H25N5O/c1-16(2)31-11-10-18-21(12-27)25(30)26(14-28,15-29)24(22(18)13-31)20-8-9-23(32-3)19-7-5-4-6-17(19)20/h4-10,16,22,24H,11,13,30H2,1-3H3/t22-,24+/m0/s1. The number of hydrogen-bond donors (Lipinski definition) is 1. The summed E-state index contributed by atoms with van der Waals surface area (Å²) >= 11 is 0. The van der Waals surface area contributed by atoms with Crippen molar-refractivity contribution >= 4 is 10.8 Å². The summed E-state index contributed by atoms with van der Waals surface area (Å²) in [6, 6.07) is 18.6. The van der Waals surface area contributed by atoms with E-state index in [1.165, 1.54) is 0 Å². The molecule has 1 aliphatic carbocycles. The van der Waals surface area contributed by atoms with Crippen LogP contribution < -0.4 is 10.5 Å². The summed E-state index contributed by atoms with van der Waals surface area (Å²) < 4.78 is 5.56. The quantitative estimate of drug-likeness (QED) is 0.799. The fourth-order valence-corrected chi connectivity index (χ4v) is 5.21. The van der Waals surface area contributed by atoms with Crippen LogP contribution in [0.1, 0.15) is 25.3 Å². The van der Waals surface area contributed by atoms with Gasteiger partial charge in [-0.25, -0.2) is 0 Å². The maximum atomic E-state index is 10.3. The summed E-state index contributed by atoms with van der Waals surface area (Å²) in [5, 5.41) is 32.4. The maximum absolute atomic E-state index is 10.3. The van der Waals surface area contributed by atoms with Crippen molar-refractivity contribution in [2.45, 2.75) is 25.8 Å². The molecule has 1 aliphatic heterocycles. The fraction of sp³-hybridized carbons (Fsp3) is 0.346. The van der Waals surface area contributed by atoms with Crippen LogP contribution >= 0.6 is 0 Å². The molecule has 0 aromatic heterocycles. The predicted octanol–water partition coefficient (Wildman–Crippen LogP) is 3.98. The average Bonchev–Trinajstić information content (AvgIpc) is 2.82. The summed E-state index contributed by atoms with van der Waals surface area (Å²) in [6.07, 6.45) is 2.04. The molecular weight excluding hydrogens is 398 g/mol. The lowest BCUT2D eigenvalue weighted by atomic mass is 9.57. The van der Waals surface area contributed by atoms with Gasteiger partial charge in [-0.05, 0) is 36.4 Å². The van der Waals surface area contributed by atoms with Crippen molar-refractivity contribution in [3.05, 3.63) is 64.9 Å². The summed E-state index contributed by atoms with van der Waals surface area (Å²) in [5.74, 6) is -0.0217. The van der Waals surface area contributed by atoms with Gasteiger partial charge in [0.15, 0.2) is 5.41 Å². The van der Waals surface area contributed by atoms with Crippen LogP contribution in [-0.4, -0.2) is 31.1 Å². The highest BCUT2D eigenvalue weighted by molar-refractivity contribution is 5.92. The van der Waals surface area contributed by atoms with E-state index in [1.54, 1.807) is 7.11 Å². The van der Waals surface area contributed by atoms with Gasteiger partial charge in [0.1, 0.15) is 11.8 Å². The minimum atomic E-state index is -1.65. The van der Waals surface area contributed by atoms with Gasteiger partial charge in [-0.3, -0.25) is 4.90 Å². The summed E-state index contributed by atoms with van der Waals surface area (Å²) in [6.45, 7) is 5.58. The molecule has 32 heavy (non-hydrogen) atoms. The van der Waals surface area contributed by atoms with Crippen molar-refractivity contribution in [1.82, 2.24) is 4.90 Å². The SMILES string of the molecule is COc1ccc([C@@H]2[C@H]3CN(C(C)C)CC=C3C(C#N)=C(N)C2(C#N)C#N)c2ccccc12. The molecule has 2 N–H and O–H groups in total. The van der Waals surface area contributed by atoms with Gasteiger partial charge in [0.25, 0.3) is 0 Å². The van der Waals surface area contributed by atoms with Gasteiger partial charge in [0, 0.05) is 36.4 Å². The number of ether oxygens (including phenoxy) is 1. The smallest absolute Gasteiger partial charge is 0.191 e. The van der Waals surface area contributed by atoms with E-state index in [-0.39, 0.29) is 23.2 Å². The van der Waals surface area contributed by atoms with Crippen molar-refractivity contribution in [3.8, 4) is 24.0 Å². The van der Waals surface area contributed by atoms with Gasteiger partial charge in [0.05, 0.1) is 30.5 Å². The number of benzene rings is 2. The first-order chi connectivity index (χ1) is 15.4. The van der Waals surface area contributed by atoms with Crippen molar-refractivity contribution in [1.29, 1.82) is 15.8 Å². The van der Waals surface area contributed by atoms with Crippen molar-refractivity contribution in [3.63, 3.8) is 0 Å². The molecule has 2 aliphatic rings. The Hall–Kier alpha value is -3.79. The van der Waals surface area contributed by atoms with Crippen LogP contribution in [0.3, 0.4) is 0 Å². The topological polar surface area (TPSA) is 110 Å². The van der Waals surface area contributed by atoms with Gasteiger partial charge >= 0.3 is 0 Å². The average molecular weight is 424 g/mol. The maximum Gasteiger partial charge on any atom is 0.191 e. The third-order valence-electron chi connectivity index (χ3n) is 6.90. The van der Waals surface area contributed by atoms with E-state index >= 15 is 0 Å². The van der Waals surface area contributed by atoms with E-state index in [2.05, 4.69) is 37.0 Å². The Morgan fingerprint density at radius 3 is 2.38 bits per heavy atom. The molecule has 6 heteroatoms. The zero-order valence-electron chi connectivity index (χ0n) is 18.5. The van der Waals surface area contributed by atoms with E-state index < -0.39 is 11.3 Å². The summed E-state index contributed by atoms with van der Waals surface area (Å²) in [5.41, 5.74) is 6.84. The van der Waals surface area contributed by atoms with E-state index in [0.29, 0.717) is 13.1 Å². The number of fused-ring (bicyclic) bond motifs is 2. The summed E-state index contributed by atoms with van der Waals surface area (Å²) in [7, 11) is 1.62. The molecule has 2 aromatic carbocycles. The number of rotatable bonds is 3. The minimum Gasteiger partial charge on any atom is -0.496 e. The zero-order chi connectivity index (χ0) is 23.0. The largest absolute Gasteiger partial charge is 0.496 e. The summed E-state index contributed by atoms with van der Waals surface area (Å²) in [4.78, 5) is 2.29. The Labute approximate surface area is 188 Å². The number of nitrogens with two attached hydrogens (primary N) is 1. The van der Waals surface area contributed by atoms with Gasteiger partial charge in [-0.2, -0.15) is 15.8 Å². The molecule has 1 heterocycles. The zero-order valence-corrected chi connectivity index (χ0v) is 18.5. The number of allylic oxidation sites excluding steroid dienone is 2. The molecule has 0 amide bonds. The molecule has 6 nitrogen and oxygen atoms in total. The van der Waals surface area contributed by atoms with Crippen LogP contribution in [0, 0.1) is 45.3 Å². The van der Waals surface area contributed by atoms with E-state index in [9.17, 15) is 15.8 Å². The van der Waals surface area contributed by atoms with Crippen LogP contribution in [0.4, 0.5) is 0 Å². The fourth-order valence-electron chi connectivity index (χ4n) is 5.21. The van der Waals surface area contributed by atoms with Crippen LogP contribution in [-0.2, 0) is 0 Å². The molecule has 2 atom stereocenters. The van der Waals surface area contributed by atoms with Gasteiger partial charge in [0.2, 0.25) is 0 Å².